The van der Waals surface area contributed by atoms with Crippen LogP contribution < -0.4 is 10.5 Å². The molecule has 3 aromatic carbocycles. The van der Waals surface area contributed by atoms with Gasteiger partial charge in [0.1, 0.15) is 11.6 Å². The maximum atomic E-state index is 14.9. The number of halogens is 1. The Kier molecular flexibility index (Phi) is 6.80. The summed E-state index contributed by atoms with van der Waals surface area (Å²) >= 11 is 0. The Morgan fingerprint density at radius 3 is 2.23 bits per heavy atom. The lowest BCUT2D eigenvalue weighted by molar-refractivity contribution is -0.118. The molecule has 0 bridgehead atoms. The molecule has 0 aromatic heterocycles. The van der Waals surface area contributed by atoms with Gasteiger partial charge in [-0.3, -0.25) is 9.59 Å². The molecular weight excluding hydrogens is 383 g/mol. The fraction of sp³-hybridized carbons (Fsp3) is 0.167. The molecule has 0 saturated carbocycles. The van der Waals surface area contributed by atoms with Gasteiger partial charge in [-0.15, -0.1) is 0 Å². The molecule has 0 aliphatic rings. The monoisotopic (exact) mass is 406 g/mol. The van der Waals surface area contributed by atoms with Gasteiger partial charge in [-0.2, -0.15) is 0 Å². The molecule has 6 heteroatoms. The quantitative estimate of drug-likeness (QED) is 0.614. The maximum absolute atomic E-state index is 14.9. The minimum absolute atomic E-state index is 0.00409. The zero-order valence-corrected chi connectivity index (χ0v) is 16.7. The number of methoxy groups -OCH3 is 1. The Bertz CT molecular complexity index is 1020. The molecule has 0 radical (unpaired) electrons. The van der Waals surface area contributed by atoms with E-state index in [1.807, 2.05) is 42.5 Å². The van der Waals surface area contributed by atoms with Crippen LogP contribution in [0.4, 0.5) is 4.39 Å². The van der Waals surface area contributed by atoms with Crippen molar-refractivity contribution in [2.45, 2.75) is 13.0 Å². The van der Waals surface area contributed by atoms with Crippen LogP contribution in [0.5, 0.6) is 5.75 Å². The van der Waals surface area contributed by atoms with Crippen LogP contribution in [-0.4, -0.2) is 30.4 Å². The molecule has 0 aliphatic heterocycles. The number of hydrogen-bond donors (Lipinski definition) is 1. The number of hydrogen-bond acceptors (Lipinski definition) is 3. The van der Waals surface area contributed by atoms with E-state index in [-0.39, 0.29) is 25.1 Å². The SMILES string of the molecule is COc1ccc(-c2ccc(C(=O)N(CCC(N)=O)Cc3ccccc3)c(F)c2)cc1. The number of carbonyl (C=O) groups excluding carboxylic acids is 2. The molecule has 154 valence electrons. The third kappa shape index (κ3) is 5.23. The van der Waals surface area contributed by atoms with Crippen molar-refractivity contribution in [3.63, 3.8) is 0 Å². The van der Waals surface area contributed by atoms with Gasteiger partial charge in [-0.25, -0.2) is 4.39 Å². The second-order valence-corrected chi connectivity index (χ2v) is 6.85. The van der Waals surface area contributed by atoms with E-state index in [0.717, 1.165) is 11.1 Å². The zero-order chi connectivity index (χ0) is 21.5. The van der Waals surface area contributed by atoms with Crippen molar-refractivity contribution in [3.05, 3.63) is 89.7 Å². The number of carbonyl (C=O) groups is 2. The van der Waals surface area contributed by atoms with Crippen molar-refractivity contribution in [3.8, 4) is 16.9 Å². The lowest BCUT2D eigenvalue weighted by Crippen LogP contribution is -2.34. The minimum Gasteiger partial charge on any atom is -0.497 e. The molecule has 0 unspecified atom stereocenters. The first kappa shape index (κ1) is 21.0. The highest BCUT2D eigenvalue weighted by Crippen LogP contribution is 2.25. The molecule has 2 amide bonds. The average Bonchev–Trinajstić information content (AvgIpc) is 2.76. The van der Waals surface area contributed by atoms with Crippen LogP contribution in [0.15, 0.2) is 72.8 Å². The van der Waals surface area contributed by atoms with Crippen LogP contribution in [-0.2, 0) is 11.3 Å². The lowest BCUT2D eigenvalue weighted by Gasteiger charge is -2.23. The Balaban J connectivity index is 1.84. The third-order valence-corrected chi connectivity index (χ3v) is 4.75. The smallest absolute Gasteiger partial charge is 0.257 e. The van der Waals surface area contributed by atoms with Crippen LogP contribution in [0.2, 0.25) is 0 Å². The van der Waals surface area contributed by atoms with Crippen LogP contribution >= 0.6 is 0 Å². The molecule has 3 aromatic rings. The second kappa shape index (κ2) is 9.69. The van der Waals surface area contributed by atoms with Crippen molar-refractivity contribution >= 4 is 11.8 Å². The number of nitrogens with zero attached hydrogens (tertiary/aromatic N) is 1. The highest BCUT2D eigenvalue weighted by Gasteiger charge is 2.20. The Labute approximate surface area is 174 Å². The number of nitrogens with two attached hydrogens (primary N) is 1. The molecule has 30 heavy (non-hydrogen) atoms. The zero-order valence-electron chi connectivity index (χ0n) is 16.7. The normalized spacial score (nSPS) is 10.5. The second-order valence-electron chi connectivity index (χ2n) is 6.85. The largest absolute Gasteiger partial charge is 0.497 e. The van der Waals surface area contributed by atoms with Crippen LogP contribution in [0.25, 0.3) is 11.1 Å². The highest BCUT2D eigenvalue weighted by molar-refractivity contribution is 5.95. The fourth-order valence-electron chi connectivity index (χ4n) is 3.12. The van der Waals surface area contributed by atoms with Crippen LogP contribution in [0, 0.1) is 5.82 Å². The Hall–Kier alpha value is -3.67. The molecule has 0 aliphatic carbocycles. The Morgan fingerprint density at radius 1 is 0.967 bits per heavy atom. The molecule has 3 rings (SSSR count). The van der Waals surface area contributed by atoms with E-state index in [2.05, 4.69) is 0 Å². The predicted molar refractivity (Wildman–Crippen MR) is 113 cm³/mol. The van der Waals surface area contributed by atoms with Crippen molar-refractivity contribution in [2.75, 3.05) is 13.7 Å². The van der Waals surface area contributed by atoms with Crippen LogP contribution in [0.3, 0.4) is 0 Å². The third-order valence-electron chi connectivity index (χ3n) is 4.75. The summed E-state index contributed by atoms with van der Waals surface area (Å²) in [6.45, 7) is 0.370. The number of amides is 2. The summed E-state index contributed by atoms with van der Waals surface area (Å²) in [5.41, 5.74) is 7.54. The van der Waals surface area contributed by atoms with Gasteiger partial charge < -0.3 is 15.4 Å². The van der Waals surface area contributed by atoms with Gasteiger partial charge >= 0.3 is 0 Å². The van der Waals surface area contributed by atoms with E-state index in [4.69, 9.17) is 10.5 Å². The van der Waals surface area contributed by atoms with E-state index < -0.39 is 17.6 Å². The highest BCUT2D eigenvalue weighted by atomic mass is 19.1. The molecule has 0 fully saturated rings. The Morgan fingerprint density at radius 2 is 1.63 bits per heavy atom. The predicted octanol–water partition coefficient (Wildman–Crippen LogP) is 4.02. The van der Waals surface area contributed by atoms with E-state index in [9.17, 15) is 14.0 Å². The van der Waals surface area contributed by atoms with Crippen molar-refractivity contribution < 1.29 is 18.7 Å². The number of rotatable bonds is 8. The van der Waals surface area contributed by atoms with E-state index in [1.165, 1.54) is 17.0 Å². The molecule has 5 nitrogen and oxygen atoms in total. The summed E-state index contributed by atoms with van der Waals surface area (Å²) in [7, 11) is 1.58. The molecule has 0 spiro atoms. The minimum atomic E-state index is -0.620. The fourth-order valence-corrected chi connectivity index (χ4v) is 3.12. The summed E-state index contributed by atoms with van der Waals surface area (Å²) < 4.78 is 20.0. The summed E-state index contributed by atoms with van der Waals surface area (Å²) in [6.07, 6.45) is 0.00409. The van der Waals surface area contributed by atoms with E-state index >= 15 is 0 Å². The number of primary amides is 1. The van der Waals surface area contributed by atoms with Gasteiger partial charge in [-0.05, 0) is 41.0 Å². The van der Waals surface area contributed by atoms with Crippen molar-refractivity contribution in [1.82, 2.24) is 4.90 Å². The van der Waals surface area contributed by atoms with Gasteiger partial charge in [0.25, 0.3) is 5.91 Å². The standard InChI is InChI=1S/C24H23FN2O3/c1-30-20-10-7-18(8-11-20)19-9-12-21(22(25)15-19)24(29)27(14-13-23(26)28)16-17-5-3-2-4-6-17/h2-12,15H,13-14,16H2,1H3,(H2,26,28). The maximum Gasteiger partial charge on any atom is 0.257 e. The number of benzene rings is 3. The lowest BCUT2D eigenvalue weighted by atomic mass is 10.0. The molecular formula is C24H23FN2O3. The summed E-state index contributed by atoms with van der Waals surface area (Å²) in [6, 6.07) is 21.1. The first-order valence-corrected chi connectivity index (χ1v) is 9.53. The first-order chi connectivity index (χ1) is 14.5. The van der Waals surface area contributed by atoms with Crippen molar-refractivity contribution in [2.24, 2.45) is 5.73 Å². The first-order valence-electron chi connectivity index (χ1n) is 9.53. The molecule has 0 heterocycles. The van der Waals surface area contributed by atoms with Crippen LogP contribution in [0.1, 0.15) is 22.3 Å². The van der Waals surface area contributed by atoms with E-state index in [0.29, 0.717) is 11.3 Å². The van der Waals surface area contributed by atoms with Gasteiger partial charge in [-0.1, -0.05) is 48.5 Å². The molecule has 2 N–H and O–H groups in total. The van der Waals surface area contributed by atoms with Crippen molar-refractivity contribution in [1.29, 1.82) is 0 Å². The average molecular weight is 406 g/mol. The number of ether oxygens (including phenoxy) is 1. The molecule has 0 atom stereocenters. The van der Waals surface area contributed by atoms with Gasteiger partial charge in [0.05, 0.1) is 12.7 Å². The van der Waals surface area contributed by atoms with E-state index in [1.54, 1.807) is 25.3 Å². The van der Waals surface area contributed by atoms with Gasteiger partial charge in [0.2, 0.25) is 5.91 Å². The van der Waals surface area contributed by atoms with Gasteiger partial charge in [0.15, 0.2) is 0 Å². The topological polar surface area (TPSA) is 72.6 Å². The summed E-state index contributed by atoms with van der Waals surface area (Å²) in [5, 5.41) is 0. The van der Waals surface area contributed by atoms with Gasteiger partial charge in [0, 0.05) is 19.5 Å². The summed E-state index contributed by atoms with van der Waals surface area (Å²) in [4.78, 5) is 25.7. The molecule has 0 saturated heterocycles. The summed E-state index contributed by atoms with van der Waals surface area (Å²) in [5.74, 6) is -0.919.